The molecule has 0 aromatic carbocycles. The molecule has 1 heterocycles. The molecule has 52 heavy (non-hydrogen) atoms. The molecule has 8 heteroatoms. The Kier molecular flexibility index (Phi) is 14.7. The second-order valence-electron chi connectivity index (χ2n) is 18.6. The Hall–Kier alpha value is -2.38. The lowest BCUT2D eigenvalue weighted by molar-refractivity contribution is -0.128. The first-order valence-corrected chi connectivity index (χ1v) is 21.6. The first kappa shape index (κ1) is 40.8. The molecule has 5 aliphatic rings. The number of hydrogen-bond acceptors (Lipinski definition) is 5. The third-order valence-electron chi connectivity index (χ3n) is 14.6. The van der Waals surface area contributed by atoms with E-state index in [1.807, 2.05) is 0 Å². The number of nitrogens with zero attached hydrogens (tertiary/aromatic N) is 1. The van der Waals surface area contributed by atoms with Gasteiger partial charge in [0.15, 0.2) is 5.78 Å². The van der Waals surface area contributed by atoms with Crippen LogP contribution in [0.4, 0.5) is 4.79 Å². The van der Waals surface area contributed by atoms with Crippen LogP contribution in [0.2, 0.25) is 0 Å². The number of alkyl carbamates (subject to hydrolysis) is 1. The van der Waals surface area contributed by atoms with Gasteiger partial charge >= 0.3 is 6.09 Å². The lowest BCUT2D eigenvalue weighted by Gasteiger charge is -2.58. The minimum atomic E-state index is -0.274. The van der Waals surface area contributed by atoms with E-state index in [-0.39, 0.29) is 48.2 Å². The predicted molar refractivity (Wildman–Crippen MR) is 207 cm³/mol. The molecule has 4 unspecified atom stereocenters. The van der Waals surface area contributed by atoms with Gasteiger partial charge < -0.3 is 20.3 Å². The fourth-order valence-corrected chi connectivity index (χ4v) is 11.7. The van der Waals surface area contributed by atoms with E-state index in [0.717, 1.165) is 99.7 Å². The molecule has 3 saturated carbocycles. The van der Waals surface area contributed by atoms with Gasteiger partial charge in [0.25, 0.3) is 0 Å². The van der Waals surface area contributed by atoms with Crippen LogP contribution in [0.3, 0.4) is 0 Å². The number of allylic oxidation sites excluding steroid dienone is 1. The first-order chi connectivity index (χ1) is 24.9. The third kappa shape index (κ3) is 10.2. The van der Waals surface area contributed by atoms with Crippen molar-refractivity contribution >= 4 is 23.7 Å². The SMILES string of the molecule is CC(C)CCC[C@@H](C)C1CCC2C3CC=C4C[C@@H](OC(=O)NCCCCCCNC(=O)CCCCCN5CC(=O)CC5=O)CC[C@]4(C)C3CC[C@@]21C. The number of fused-ring (bicyclic) bond motifs is 5. The molecule has 4 fully saturated rings. The average molecular weight is 724 g/mol. The van der Waals surface area contributed by atoms with Gasteiger partial charge in [0.05, 0.1) is 13.0 Å². The summed E-state index contributed by atoms with van der Waals surface area (Å²) < 4.78 is 5.98. The van der Waals surface area contributed by atoms with Gasteiger partial charge in [-0.15, -0.1) is 0 Å². The second kappa shape index (κ2) is 18.8. The minimum Gasteiger partial charge on any atom is -0.446 e. The molecule has 0 bridgehead atoms. The molecule has 4 aliphatic carbocycles. The number of ketones is 1. The van der Waals surface area contributed by atoms with Crippen molar-refractivity contribution in [1.29, 1.82) is 0 Å². The van der Waals surface area contributed by atoms with E-state index in [4.69, 9.17) is 4.74 Å². The zero-order chi connectivity index (χ0) is 37.3. The number of carbonyl (C=O) groups is 4. The van der Waals surface area contributed by atoms with Crippen LogP contribution >= 0.6 is 0 Å². The molecule has 0 aromatic heterocycles. The van der Waals surface area contributed by atoms with E-state index >= 15 is 0 Å². The number of likely N-dealkylation sites (tertiary alicyclic amines) is 1. The maximum absolute atomic E-state index is 12.7. The normalized spacial score (nSPS) is 31.8. The molecule has 3 amide bonds. The minimum absolute atomic E-state index is 0.000585. The molecule has 2 N–H and O–H groups in total. The molecule has 294 valence electrons. The Balaban J connectivity index is 0.922. The highest BCUT2D eigenvalue weighted by molar-refractivity contribution is 6.05. The van der Waals surface area contributed by atoms with Crippen molar-refractivity contribution in [2.24, 2.45) is 46.3 Å². The molecule has 1 aliphatic heterocycles. The maximum Gasteiger partial charge on any atom is 0.407 e. The van der Waals surface area contributed by atoms with E-state index in [9.17, 15) is 19.2 Å². The van der Waals surface area contributed by atoms with Crippen molar-refractivity contribution in [3.63, 3.8) is 0 Å². The van der Waals surface area contributed by atoms with Crippen LogP contribution in [0, 0.1) is 46.3 Å². The lowest BCUT2D eigenvalue weighted by atomic mass is 9.47. The predicted octanol–water partition coefficient (Wildman–Crippen LogP) is 9.16. The van der Waals surface area contributed by atoms with Gasteiger partial charge in [-0.3, -0.25) is 14.4 Å². The van der Waals surface area contributed by atoms with Crippen LogP contribution in [0.1, 0.15) is 163 Å². The largest absolute Gasteiger partial charge is 0.446 e. The molecule has 8 atom stereocenters. The fourth-order valence-electron chi connectivity index (χ4n) is 11.7. The standard InChI is InChI=1S/C44H73N3O5/c1-31(2)14-13-15-32(3)37-19-20-38-36-18-17-33-28-35(21-23-43(33,4)39(36)22-24-44(37,38)5)52-42(51)46-26-11-7-6-10-25-45-40(49)16-9-8-12-27-47-30-34(48)29-41(47)50/h17,31-32,35-39H,6-16,18-30H2,1-5H3,(H,45,49)(H,46,51)/t32-,35+,36?,37?,38?,39?,43+,44-/m1/s1. The molecule has 0 radical (unpaired) electrons. The molecule has 5 rings (SSSR count). The van der Waals surface area contributed by atoms with Crippen molar-refractivity contribution in [3.8, 4) is 0 Å². The highest BCUT2D eigenvalue weighted by Crippen LogP contribution is 2.67. The monoisotopic (exact) mass is 724 g/mol. The number of nitrogens with one attached hydrogen (secondary N) is 2. The number of unbranched alkanes of at least 4 members (excludes halogenated alkanes) is 5. The quantitative estimate of drug-likeness (QED) is 0.0786. The smallest absolute Gasteiger partial charge is 0.407 e. The van der Waals surface area contributed by atoms with E-state index < -0.39 is 0 Å². The van der Waals surface area contributed by atoms with Gasteiger partial charge in [-0.1, -0.05) is 84.8 Å². The summed E-state index contributed by atoms with van der Waals surface area (Å²) in [5.41, 5.74) is 2.35. The molecule has 0 aromatic rings. The fraction of sp³-hybridized carbons (Fsp3) is 0.864. The van der Waals surface area contributed by atoms with Crippen LogP contribution in [0.5, 0.6) is 0 Å². The van der Waals surface area contributed by atoms with Gasteiger partial charge in [0.2, 0.25) is 11.8 Å². The van der Waals surface area contributed by atoms with Crippen LogP contribution in [0.15, 0.2) is 11.6 Å². The van der Waals surface area contributed by atoms with Crippen LogP contribution in [-0.2, 0) is 19.1 Å². The number of carbonyl (C=O) groups excluding carboxylic acids is 4. The molecular weight excluding hydrogens is 650 g/mol. The Morgan fingerprint density at radius 2 is 1.62 bits per heavy atom. The second-order valence-corrected chi connectivity index (χ2v) is 18.6. The first-order valence-electron chi connectivity index (χ1n) is 21.6. The maximum atomic E-state index is 12.7. The Morgan fingerprint density at radius 3 is 2.35 bits per heavy atom. The van der Waals surface area contributed by atoms with Gasteiger partial charge in [0, 0.05) is 32.5 Å². The highest BCUT2D eigenvalue weighted by atomic mass is 16.6. The topological polar surface area (TPSA) is 105 Å². The van der Waals surface area contributed by atoms with E-state index in [2.05, 4.69) is 51.3 Å². The Labute approximate surface area is 315 Å². The molecule has 1 saturated heterocycles. The summed E-state index contributed by atoms with van der Waals surface area (Å²) in [5, 5.41) is 6.00. The van der Waals surface area contributed by atoms with Gasteiger partial charge in [-0.2, -0.15) is 0 Å². The van der Waals surface area contributed by atoms with Crippen molar-refractivity contribution in [2.45, 2.75) is 169 Å². The molecule has 8 nitrogen and oxygen atoms in total. The molecule has 0 spiro atoms. The van der Waals surface area contributed by atoms with Gasteiger partial charge in [-0.05, 0) is 117 Å². The van der Waals surface area contributed by atoms with Crippen molar-refractivity contribution in [1.82, 2.24) is 15.5 Å². The average Bonchev–Trinajstić information content (AvgIpc) is 3.62. The van der Waals surface area contributed by atoms with Crippen LogP contribution < -0.4 is 10.6 Å². The van der Waals surface area contributed by atoms with E-state index in [0.29, 0.717) is 31.5 Å². The summed E-state index contributed by atoms with van der Waals surface area (Å²) in [5.74, 6) is 5.03. The number of amides is 3. The van der Waals surface area contributed by atoms with Crippen molar-refractivity contribution in [3.05, 3.63) is 11.6 Å². The zero-order valence-corrected chi connectivity index (χ0v) is 33.6. The summed E-state index contributed by atoms with van der Waals surface area (Å²) in [6.45, 7) is 14.7. The zero-order valence-electron chi connectivity index (χ0n) is 33.6. The summed E-state index contributed by atoms with van der Waals surface area (Å²) >= 11 is 0. The number of Topliss-reactive ketones (excluding diaryl/α,β-unsaturated/α-hetero) is 1. The lowest BCUT2D eigenvalue weighted by Crippen LogP contribution is -2.51. The van der Waals surface area contributed by atoms with Crippen LogP contribution in [0.25, 0.3) is 0 Å². The Bertz CT molecular complexity index is 1260. The third-order valence-corrected chi connectivity index (χ3v) is 14.6. The summed E-state index contributed by atoms with van der Waals surface area (Å²) in [4.78, 5) is 49.5. The number of rotatable bonds is 19. The summed E-state index contributed by atoms with van der Waals surface area (Å²) in [7, 11) is 0. The van der Waals surface area contributed by atoms with Gasteiger partial charge in [0.1, 0.15) is 6.10 Å². The number of ether oxygens (including phenoxy) is 1. The summed E-state index contributed by atoms with van der Waals surface area (Å²) in [6, 6.07) is 0. The molecular formula is C44H73N3O5. The van der Waals surface area contributed by atoms with Gasteiger partial charge in [-0.25, -0.2) is 4.79 Å². The highest BCUT2D eigenvalue weighted by Gasteiger charge is 2.59. The number of hydrogen-bond donors (Lipinski definition) is 2. The van der Waals surface area contributed by atoms with Crippen molar-refractivity contribution in [2.75, 3.05) is 26.2 Å². The van der Waals surface area contributed by atoms with E-state index in [1.165, 1.54) is 51.4 Å². The Morgan fingerprint density at radius 1 is 0.865 bits per heavy atom. The van der Waals surface area contributed by atoms with E-state index in [1.54, 1.807) is 10.5 Å². The van der Waals surface area contributed by atoms with Crippen LogP contribution in [-0.4, -0.2) is 60.9 Å². The summed E-state index contributed by atoms with van der Waals surface area (Å²) in [6.07, 6.45) is 23.2. The van der Waals surface area contributed by atoms with Crippen molar-refractivity contribution < 1.29 is 23.9 Å².